The smallest absolute Gasteiger partial charge is 0.338 e. The molecule has 1 aromatic heterocycles. The molecule has 1 fully saturated rings. The molecule has 7 nitrogen and oxygen atoms in total. The Kier molecular flexibility index (Phi) is 4.98. The highest BCUT2D eigenvalue weighted by molar-refractivity contribution is 6.29. The van der Waals surface area contributed by atoms with Gasteiger partial charge in [0.2, 0.25) is 0 Å². The Bertz CT molecular complexity index is 879. The van der Waals surface area contributed by atoms with Gasteiger partial charge < -0.3 is 9.15 Å². The van der Waals surface area contributed by atoms with E-state index in [0.717, 1.165) is 5.01 Å². The second-order valence-electron chi connectivity index (χ2n) is 5.30. The molecule has 0 saturated carbocycles. The highest BCUT2D eigenvalue weighted by Crippen LogP contribution is 2.21. The number of esters is 1. The van der Waals surface area contributed by atoms with Crippen molar-refractivity contribution in [2.24, 2.45) is 0 Å². The van der Waals surface area contributed by atoms with Crippen molar-refractivity contribution < 1.29 is 23.5 Å². The van der Waals surface area contributed by atoms with Crippen LogP contribution in [0.15, 0.2) is 64.8 Å². The lowest BCUT2D eigenvalue weighted by Gasteiger charge is -2.14. The molecule has 2 amide bonds. The number of nitrogens with zero attached hydrogens (tertiary/aromatic N) is 1. The number of hydrogen-bond donors (Lipinski definition) is 1. The molecule has 26 heavy (non-hydrogen) atoms. The van der Waals surface area contributed by atoms with Crippen LogP contribution in [0.4, 0.5) is 5.69 Å². The minimum absolute atomic E-state index is 0.00211. The first kappa shape index (κ1) is 17.2. The first-order valence-corrected chi connectivity index (χ1v) is 7.94. The van der Waals surface area contributed by atoms with Crippen molar-refractivity contribution in [1.82, 2.24) is 5.43 Å². The van der Waals surface area contributed by atoms with Gasteiger partial charge in [-0.05, 0) is 55.5 Å². The molecule has 1 saturated heterocycles. The fraction of sp³-hybridized carbons (Fsp3) is 0.105. The Morgan fingerprint density at radius 3 is 2.65 bits per heavy atom. The van der Waals surface area contributed by atoms with E-state index in [9.17, 15) is 14.4 Å². The molecule has 0 aliphatic carbocycles. The van der Waals surface area contributed by atoms with Crippen LogP contribution >= 0.6 is 0 Å². The van der Waals surface area contributed by atoms with Gasteiger partial charge in [-0.25, -0.2) is 9.80 Å². The predicted octanol–water partition coefficient (Wildman–Crippen LogP) is 2.47. The fourth-order valence-electron chi connectivity index (χ4n) is 2.35. The van der Waals surface area contributed by atoms with Crippen LogP contribution in [0.1, 0.15) is 23.0 Å². The Hall–Kier alpha value is -3.61. The predicted molar refractivity (Wildman–Crippen MR) is 93.9 cm³/mol. The summed E-state index contributed by atoms with van der Waals surface area (Å²) in [5.41, 5.74) is 3.30. The van der Waals surface area contributed by atoms with Crippen LogP contribution in [0.2, 0.25) is 0 Å². The quantitative estimate of drug-likeness (QED) is 0.507. The summed E-state index contributed by atoms with van der Waals surface area (Å²) in [5.74, 6) is -0.824. The number of furan rings is 1. The summed E-state index contributed by atoms with van der Waals surface area (Å²) in [7, 11) is 0. The van der Waals surface area contributed by atoms with E-state index < -0.39 is 17.8 Å². The van der Waals surface area contributed by atoms with Gasteiger partial charge in [-0.1, -0.05) is 6.08 Å². The third-order valence-electron chi connectivity index (χ3n) is 3.59. The maximum absolute atomic E-state index is 12.5. The summed E-state index contributed by atoms with van der Waals surface area (Å²) in [4.78, 5) is 36.2. The number of rotatable bonds is 5. The van der Waals surface area contributed by atoms with E-state index in [1.54, 1.807) is 43.3 Å². The Labute approximate surface area is 149 Å². The maximum Gasteiger partial charge on any atom is 0.338 e. The number of hydrogen-bond acceptors (Lipinski definition) is 5. The van der Waals surface area contributed by atoms with E-state index in [0.29, 0.717) is 17.0 Å². The molecule has 0 atom stereocenters. The van der Waals surface area contributed by atoms with Gasteiger partial charge in [-0.15, -0.1) is 0 Å². The van der Waals surface area contributed by atoms with Crippen LogP contribution in [0.5, 0.6) is 0 Å². The average Bonchev–Trinajstić information content (AvgIpc) is 3.25. The summed E-state index contributed by atoms with van der Waals surface area (Å²) >= 11 is 0. The Balaban J connectivity index is 1.75. The maximum atomic E-state index is 12.5. The highest BCUT2D eigenvalue weighted by Gasteiger charge is 2.34. The summed E-state index contributed by atoms with van der Waals surface area (Å²) in [6.45, 7) is 2.00. The third kappa shape index (κ3) is 3.56. The molecule has 2 heterocycles. The third-order valence-corrected chi connectivity index (χ3v) is 3.59. The van der Waals surface area contributed by atoms with Crippen LogP contribution in [-0.2, 0) is 14.3 Å². The van der Waals surface area contributed by atoms with Gasteiger partial charge in [-0.3, -0.25) is 15.0 Å². The largest absolute Gasteiger partial charge is 0.465 e. The van der Waals surface area contributed by atoms with Crippen molar-refractivity contribution in [1.29, 1.82) is 0 Å². The van der Waals surface area contributed by atoms with Crippen LogP contribution in [-0.4, -0.2) is 24.4 Å². The van der Waals surface area contributed by atoms with E-state index in [-0.39, 0.29) is 12.2 Å². The first-order valence-electron chi connectivity index (χ1n) is 7.94. The number of nitrogens with one attached hydrogen (secondary N) is 1. The molecule has 7 heteroatoms. The van der Waals surface area contributed by atoms with E-state index in [1.165, 1.54) is 24.5 Å². The zero-order chi connectivity index (χ0) is 18.5. The number of carbonyl (C=O) groups is 3. The van der Waals surface area contributed by atoms with Crippen molar-refractivity contribution in [2.75, 3.05) is 11.6 Å². The SMILES string of the molecule is CCOC(=O)c1ccc(N2NC(=O)/C(=C/C=C\c3ccco3)C2=O)cc1. The van der Waals surface area contributed by atoms with Gasteiger partial charge in [0.25, 0.3) is 11.8 Å². The number of benzene rings is 1. The van der Waals surface area contributed by atoms with E-state index >= 15 is 0 Å². The molecule has 0 unspecified atom stereocenters. The van der Waals surface area contributed by atoms with E-state index in [2.05, 4.69) is 5.43 Å². The van der Waals surface area contributed by atoms with Crippen molar-refractivity contribution in [3.63, 3.8) is 0 Å². The normalized spacial score (nSPS) is 15.7. The molecule has 1 N–H and O–H groups in total. The summed E-state index contributed by atoms with van der Waals surface area (Å²) in [6.07, 6.45) is 6.17. The van der Waals surface area contributed by atoms with Gasteiger partial charge >= 0.3 is 5.97 Å². The van der Waals surface area contributed by atoms with Gasteiger partial charge in [0.1, 0.15) is 11.3 Å². The number of hydrazine groups is 1. The fourth-order valence-corrected chi connectivity index (χ4v) is 2.35. The van der Waals surface area contributed by atoms with Crippen molar-refractivity contribution in [3.05, 3.63) is 71.7 Å². The molecular formula is C19H16N2O5. The minimum Gasteiger partial charge on any atom is -0.465 e. The van der Waals surface area contributed by atoms with Crippen LogP contribution in [0, 0.1) is 0 Å². The molecule has 1 aliphatic heterocycles. The summed E-state index contributed by atoms with van der Waals surface area (Å²) in [6, 6.07) is 9.68. The Morgan fingerprint density at radius 1 is 1.23 bits per heavy atom. The molecule has 2 aromatic rings. The van der Waals surface area contributed by atoms with Crippen LogP contribution in [0.25, 0.3) is 6.08 Å². The number of allylic oxidation sites excluding steroid dienone is 2. The number of carbonyl (C=O) groups excluding carboxylic acids is 3. The Morgan fingerprint density at radius 2 is 2.00 bits per heavy atom. The first-order chi connectivity index (χ1) is 12.6. The average molecular weight is 352 g/mol. The number of amides is 2. The van der Waals surface area contributed by atoms with Crippen molar-refractivity contribution >= 4 is 29.5 Å². The lowest BCUT2D eigenvalue weighted by atomic mass is 10.2. The summed E-state index contributed by atoms with van der Waals surface area (Å²) < 4.78 is 10.1. The zero-order valence-corrected chi connectivity index (χ0v) is 14.0. The second-order valence-corrected chi connectivity index (χ2v) is 5.30. The number of ether oxygens (including phenoxy) is 1. The highest BCUT2D eigenvalue weighted by atomic mass is 16.5. The zero-order valence-electron chi connectivity index (χ0n) is 14.0. The summed E-state index contributed by atoms with van der Waals surface area (Å²) in [5, 5.41) is 1.13. The molecule has 1 aliphatic rings. The van der Waals surface area contributed by atoms with Crippen LogP contribution < -0.4 is 10.4 Å². The molecule has 0 bridgehead atoms. The topological polar surface area (TPSA) is 88.8 Å². The van der Waals surface area contributed by atoms with Gasteiger partial charge in [0.05, 0.1) is 24.1 Å². The van der Waals surface area contributed by atoms with E-state index in [1.807, 2.05) is 0 Å². The van der Waals surface area contributed by atoms with Gasteiger partial charge in [0, 0.05) is 0 Å². The van der Waals surface area contributed by atoms with Gasteiger partial charge in [-0.2, -0.15) is 0 Å². The molecule has 132 valence electrons. The van der Waals surface area contributed by atoms with Crippen LogP contribution in [0.3, 0.4) is 0 Å². The monoisotopic (exact) mass is 352 g/mol. The molecule has 0 radical (unpaired) electrons. The standard InChI is InChI=1S/C19H16N2O5/c1-2-25-19(24)13-8-10-14(11-9-13)21-18(23)16(17(22)20-21)7-3-5-15-6-4-12-26-15/h3-12H,2H2,1H3,(H,20,22)/b5-3-,16-7-. The second kappa shape index (κ2) is 7.52. The molecule has 3 rings (SSSR count). The minimum atomic E-state index is -0.506. The van der Waals surface area contributed by atoms with Crippen molar-refractivity contribution in [3.8, 4) is 0 Å². The lowest BCUT2D eigenvalue weighted by Crippen LogP contribution is -2.35. The molecular weight excluding hydrogens is 336 g/mol. The molecule has 1 aromatic carbocycles. The van der Waals surface area contributed by atoms with E-state index in [4.69, 9.17) is 9.15 Å². The molecule has 0 spiro atoms. The van der Waals surface area contributed by atoms with Crippen molar-refractivity contribution in [2.45, 2.75) is 6.92 Å². The van der Waals surface area contributed by atoms with Gasteiger partial charge in [0.15, 0.2) is 0 Å². The number of anilines is 1. The lowest BCUT2D eigenvalue weighted by molar-refractivity contribution is -0.117.